The van der Waals surface area contributed by atoms with Crippen LogP contribution < -0.4 is 5.32 Å². The summed E-state index contributed by atoms with van der Waals surface area (Å²) >= 11 is 0. The summed E-state index contributed by atoms with van der Waals surface area (Å²) in [5.41, 5.74) is -2.84. The molecule has 0 saturated heterocycles. The molecule has 5 nitrogen and oxygen atoms in total. The minimum atomic E-state index is -5.15. The van der Waals surface area contributed by atoms with E-state index in [0.717, 1.165) is 0 Å². The Hall–Kier alpha value is -2.25. The lowest BCUT2D eigenvalue weighted by Gasteiger charge is -2.27. The van der Waals surface area contributed by atoms with Crippen molar-refractivity contribution in [2.45, 2.75) is 25.2 Å². The summed E-state index contributed by atoms with van der Waals surface area (Å²) in [7, 11) is 0. The molecule has 0 spiro atoms. The molecule has 0 saturated carbocycles. The van der Waals surface area contributed by atoms with Gasteiger partial charge in [0, 0.05) is 0 Å². The third-order valence-electron chi connectivity index (χ3n) is 2.56. The largest absolute Gasteiger partial charge is 0.479 e. The highest BCUT2D eigenvalue weighted by Crippen LogP contribution is 2.30. The van der Waals surface area contributed by atoms with Crippen LogP contribution in [0.5, 0.6) is 0 Å². The van der Waals surface area contributed by atoms with Crippen LogP contribution in [0.4, 0.5) is 18.0 Å². The third-order valence-corrected chi connectivity index (χ3v) is 2.56. The number of carboxylic acid groups (broad SMARTS) is 1. The Kier molecular flexibility index (Phi) is 4.59. The van der Waals surface area contributed by atoms with Crippen molar-refractivity contribution in [1.82, 2.24) is 5.32 Å². The topological polar surface area (TPSA) is 75.6 Å². The number of hydrogen-bond donors (Lipinski definition) is 2. The molecule has 0 aliphatic rings. The second-order valence-electron chi connectivity index (χ2n) is 4.11. The first-order valence-corrected chi connectivity index (χ1v) is 5.46. The van der Waals surface area contributed by atoms with Crippen molar-refractivity contribution < 1.29 is 32.6 Å². The van der Waals surface area contributed by atoms with Crippen LogP contribution in [0.15, 0.2) is 30.3 Å². The summed E-state index contributed by atoms with van der Waals surface area (Å²) in [5.74, 6) is -2.22. The second-order valence-corrected chi connectivity index (χ2v) is 4.11. The van der Waals surface area contributed by atoms with Crippen LogP contribution in [0.25, 0.3) is 0 Å². The maximum absolute atomic E-state index is 12.6. The van der Waals surface area contributed by atoms with E-state index in [9.17, 15) is 22.8 Å². The van der Waals surface area contributed by atoms with Crippen LogP contribution in [0.3, 0.4) is 0 Å². The van der Waals surface area contributed by atoms with E-state index >= 15 is 0 Å². The molecule has 0 aromatic heterocycles. The minimum Gasteiger partial charge on any atom is -0.479 e. The minimum absolute atomic E-state index is 0.264. The van der Waals surface area contributed by atoms with Crippen molar-refractivity contribution in [1.29, 1.82) is 0 Å². The summed E-state index contributed by atoms with van der Waals surface area (Å²) < 4.78 is 42.4. The Morgan fingerprint density at radius 2 is 1.80 bits per heavy atom. The Morgan fingerprint density at radius 1 is 1.25 bits per heavy atom. The van der Waals surface area contributed by atoms with E-state index in [4.69, 9.17) is 5.11 Å². The molecule has 1 amide bonds. The number of nitrogens with one attached hydrogen (secondary N) is 1. The zero-order valence-corrected chi connectivity index (χ0v) is 10.4. The van der Waals surface area contributed by atoms with Crippen molar-refractivity contribution in [3.05, 3.63) is 35.9 Å². The fourth-order valence-electron chi connectivity index (χ4n) is 1.21. The maximum atomic E-state index is 12.6. The number of aliphatic carboxylic acids is 1. The second kappa shape index (κ2) is 5.81. The molecule has 0 aliphatic heterocycles. The number of carboxylic acids is 1. The smallest absolute Gasteiger partial charge is 0.422 e. The van der Waals surface area contributed by atoms with E-state index in [2.05, 4.69) is 4.74 Å². The van der Waals surface area contributed by atoms with Crippen LogP contribution >= 0.6 is 0 Å². The lowest BCUT2D eigenvalue weighted by Crippen LogP contribution is -2.61. The van der Waals surface area contributed by atoms with Gasteiger partial charge in [0.05, 0.1) is 0 Å². The summed E-state index contributed by atoms with van der Waals surface area (Å²) in [6.45, 7) is 0.0827. The van der Waals surface area contributed by atoms with Crippen LogP contribution in [0, 0.1) is 0 Å². The molecule has 1 aromatic carbocycles. The van der Waals surface area contributed by atoms with Gasteiger partial charge >= 0.3 is 18.2 Å². The molecule has 20 heavy (non-hydrogen) atoms. The van der Waals surface area contributed by atoms with Crippen LogP contribution in [0.2, 0.25) is 0 Å². The molecule has 0 aliphatic carbocycles. The van der Waals surface area contributed by atoms with E-state index in [1.807, 2.05) is 0 Å². The fraction of sp³-hybridized carbons (Fsp3) is 0.333. The van der Waals surface area contributed by atoms with Crippen molar-refractivity contribution >= 4 is 12.1 Å². The molecule has 0 fully saturated rings. The van der Waals surface area contributed by atoms with Gasteiger partial charge in [-0.15, -0.1) is 0 Å². The van der Waals surface area contributed by atoms with Crippen LogP contribution in [0.1, 0.15) is 12.5 Å². The van der Waals surface area contributed by atoms with E-state index in [1.54, 1.807) is 30.3 Å². The number of rotatable bonds is 4. The van der Waals surface area contributed by atoms with Gasteiger partial charge in [0.2, 0.25) is 5.54 Å². The highest BCUT2D eigenvalue weighted by Gasteiger charge is 2.58. The third kappa shape index (κ3) is 3.62. The van der Waals surface area contributed by atoms with Crippen LogP contribution in [-0.2, 0) is 16.1 Å². The molecule has 1 rings (SSSR count). The Labute approximate surface area is 112 Å². The number of alkyl carbamates (subject to hydrolysis) is 1. The lowest BCUT2D eigenvalue weighted by atomic mass is 10.0. The highest BCUT2D eigenvalue weighted by molar-refractivity contribution is 5.84. The molecule has 1 atom stereocenters. The summed E-state index contributed by atoms with van der Waals surface area (Å²) in [6.07, 6.45) is -6.61. The molecule has 1 aromatic rings. The van der Waals surface area contributed by atoms with E-state index in [0.29, 0.717) is 12.5 Å². The van der Waals surface area contributed by atoms with E-state index in [1.165, 1.54) is 5.32 Å². The molecular weight excluding hydrogens is 279 g/mol. The van der Waals surface area contributed by atoms with Gasteiger partial charge in [-0.05, 0) is 12.5 Å². The first kappa shape index (κ1) is 15.8. The Morgan fingerprint density at radius 3 is 2.25 bits per heavy atom. The van der Waals surface area contributed by atoms with Gasteiger partial charge in [-0.1, -0.05) is 30.3 Å². The van der Waals surface area contributed by atoms with Gasteiger partial charge < -0.3 is 9.84 Å². The molecule has 110 valence electrons. The number of amides is 1. The SMILES string of the molecule is C[C@@](NC(=O)OCc1ccccc1)(C(=O)O)C(F)(F)F. The lowest BCUT2D eigenvalue weighted by molar-refractivity contribution is -0.204. The zero-order chi connectivity index (χ0) is 15.4. The van der Waals surface area contributed by atoms with E-state index in [-0.39, 0.29) is 6.61 Å². The van der Waals surface area contributed by atoms with Crippen molar-refractivity contribution in [3.8, 4) is 0 Å². The van der Waals surface area contributed by atoms with Gasteiger partial charge in [0.1, 0.15) is 6.61 Å². The van der Waals surface area contributed by atoms with Gasteiger partial charge in [-0.2, -0.15) is 13.2 Å². The quantitative estimate of drug-likeness (QED) is 0.892. The number of alkyl halides is 3. The molecule has 0 radical (unpaired) electrons. The van der Waals surface area contributed by atoms with Crippen LogP contribution in [-0.4, -0.2) is 28.9 Å². The standard InChI is InChI=1S/C12H12F3NO4/c1-11(9(17)18,12(13,14)15)16-10(19)20-7-8-5-3-2-4-6-8/h2-6H,7H2,1H3,(H,16,19)(H,17,18)/t11-/m1/s1. The fourth-order valence-corrected chi connectivity index (χ4v) is 1.21. The average Bonchev–Trinajstić information content (AvgIpc) is 2.36. The normalized spacial score (nSPS) is 14.2. The van der Waals surface area contributed by atoms with Crippen molar-refractivity contribution in [2.24, 2.45) is 0 Å². The van der Waals surface area contributed by atoms with Gasteiger partial charge in [0.15, 0.2) is 0 Å². The maximum Gasteiger partial charge on any atom is 0.422 e. The zero-order valence-electron chi connectivity index (χ0n) is 10.4. The van der Waals surface area contributed by atoms with E-state index < -0.39 is 23.8 Å². The predicted octanol–water partition coefficient (Wildman–Crippen LogP) is 2.32. The van der Waals surface area contributed by atoms with Gasteiger partial charge in [0.25, 0.3) is 0 Å². The van der Waals surface area contributed by atoms with Gasteiger partial charge in [-0.25, -0.2) is 9.59 Å². The van der Waals surface area contributed by atoms with Crippen molar-refractivity contribution in [3.63, 3.8) is 0 Å². The summed E-state index contributed by atoms with van der Waals surface area (Å²) in [4.78, 5) is 22.0. The number of carbonyl (C=O) groups excluding carboxylic acids is 1. The number of ether oxygens (including phenoxy) is 1. The summed E-state index contributed by atoms with van der Waals surface area (Å²) in [5, 5.41) is 9.93. The highest BCUT2D eigenvalue weighted by atomic mass is 19.4. The molecular formula is C12H12F3NO4. The number of benzene rings is 1. The Bertz CT molecular complexity index is 489. The first-order chi connectivity index (χ1) is 9.17. The molecule has 0 unspecified atom stereocenters. The first-order valence-electron chi connectivity index (χ1n) is 5.46. The predicted molar refractivity (Wildman–Crippen MR) is 61.9 cm³/mol. The summed E-state index contributed by atoms with van der Waals surface area (Å²) in [6, 6.07) is 8.25. The monoisotopic (exact) mass is 291 g/mol. The number of halogens is 3. The molecule has 8 heteroatoms. The molecule has 0 bridgehead atoms. The van der Waals surface area contributed by atoms with Crippen molar-refractivity contribution in [2.75, 3.05) is 0 Å². The number of hydrogen-bond acceptors (Lipinski definition) is 3. The number of carbonyl (C=O) groups is 2. The van der Waals surface area contributed by atoms with Gasteiger partial charge in [-0.3, -0.25) is 5.32 Å². The molecule has 0 heterocycles. The average molecular weight is 291 g/mol. The Balaban J connectivity index is 2.67. The molecule has 2 N–H and O–H groups in total.